The van der Waals surface area contributed by atoms with E-state index in [2.05, 4.69) is 41.1 Å². The summed E-state index contributed by atoms with van der Waals surface area (Å²) >= 11 is 0. The number of aryl methyl sites for hydroxylation is 2. The van der Waals surface area contributed by atoms with E-state index in [9.17, 15) is 4.79 Å². The van der Waals surface area contributed by atoms with Gasteiger partial charge in [-0.25, -0.2) is 4.98 Å². The maximum atomic E-state index is 12.1. The molecule has 5 nitrogen and oxygen atoms in total. The van der Waals surface area contributed by atoms with Gasteiger partial charge in [-0.3, -0.25) is 4.79 Å². The molecule has 2 heterocycles. The third-order valence-corrected chi connectivity index (χ3v) is 5.82. The van der Waals surface area contributed by atoms with Crippen molar-refractivity contribution >= 4 is 16.9 Å². The quantitative estimate of drug-likeness (QED) is 0.482. The number of unbranched alkanes of at least 4 members (excludes halogenated alkanes) is 6. The van der Waals surface area contributed by atoms with E-state index in [-0.39, 0.29) is 12.0 Å². The molecule has 1 unspecified atom stereocenters. The van der Waals surface area contributed by atoms with Crippen LogP contribution in [-0.2, 0) is 22.5 Å². The lowest BCUT2D eigenvalue weighted by Gasteiger charge is -2.11. The topological polar surface area (TPSA) is 56.2 Å². The van der Waals surface area contributed by atoms with Crippen LogP contribution in [0.5, 0.6) is 0 Å². The van der Waals surface area contributed by atoms with Crippen LogP contribution >= 0.6 is 0 Å². The average molecular weight is 400 g/mol. The highest BCUT2D eigenvalue weighted by molar-refractivity contribution is 5.80. The smallest absolute Gasteiger partial charge is 0.249 e. The summed E-state index contributed by atoms with van der Waals surface area (Å²) in [4.78, 5) is 16.9. The van der Waals surface area contributed by atoms with Crippen molar-refractivity contribution < 1.29 is 9.53 Å². The summed E-state index contributed by atoms with van der Waals surface area (Å²) in [6.07, 6.45) is 12.6. The van der Waals surface area contributed by atoms with Crippen molar-refractivity contribution in [2.24, 2.45) is 0 Å². The van der Waals surface area contributed by atoms with Crippen molar-refractivity contribution in [2.45, 2.75) is 90.2 Å². The molecule has 1 N–H and O–H groups in total. The van der Waals surface area contributed by atoms with Crippen LogP contribution in [0, 0.1) is 0 Å². The van der Waals surface area contributed by atoms with Crippen molar-refractivity contribution in [2.75, 3.05) is 13.2 Å². The number of hydrogen-bond donors (Lipinski definition) is 1. The predicted molar refractivity (Wildman–Crippen MR) is 118 cm³/mol. The van der Waals surface area contributed by atoms with Gasteiger partial charge in [-0.1, -0.05) is 57.6 Å². The zero-order valence-corrected chi connectivity index (χ0v) is 18.0. The fourth-order valence-corrected chi connectivity index (χ4v) is 4.15. The van der Waals surface area contributed by atoms with E-state index in [1.54, 1.807) is 0 Å². The number of hydrogen-bond acceptors (Lipinski definition) is 3. The number of fused-ring (bicyclic) bond motifs is 1. The second-order valence-corrected chi connectivity index (χ2v) is 8.19. The summed E-state index contributed by atoms with van der Waals surface area (Å²) in [6, 6.07) is 8.42. The maximum absolute atomic E-state index is 12.1. The van der Waals surface area contributed by atoms with Gasteiger partial charge in [-0.15, -0.1) is 0 Å². The molecule has 29 heavy (non-hydrogen) atoms. The van der Waals surface area contributed by atoms with E-state index in [0.29, 0.717) is 13.2 Å². The Kier molecular flexibility index (Phi) is 9.00. The molecule has 0 bridgehead atoms. The van der Waals surface area contributed by atoms with Gasteiger partial charge in [-0.2, -0.15) is 0 Å². The Labute approximate surface area is 175 Å². The van der Waals surface area contributed by atoms with Crippen LogP contribution in [0.1, 0.15) is 77.0 Å². The van der Waals surface area contributed by atoms with Crippen LogP contribution < -0.4 is 5.32 Å². The molecule has 0 radical (unpaired) electrons. The van der Waals surface area contributed by atoms with Gasteiger partial charge < -0.3 is 14.6 Å². The monoisotopic (exact) mass is 399 g/mol. The van der Waals surface area contributed by atoms with Crippen LogP contribution in [0.25, 0.3) is 11.0 Å². The lowest BCUT2D eigenvalue weighted by Crippen LogP contribution is -2.34. The Bertz CT molecular complexity index is 750. The normalized spacial score (nSPS) is 16.5. The number of nitrogens with zero attached hydrogens (tertiary/aromatic N) is 2. The molecule has 0 spiro atoms. The van der Waals surface area contributed by atoms with Crippen LogP contribution in [0.4, 0.5) is 0 Å². The molecule has 2 aromatic rings. The highest BCUT2D eigenvalue weighted by atomic mass is 16.5. The van der Waals surface area contributed by atoms with Crippen molar-refractivity contribution in [3.63, 3.8) is 0 Å². The minimum absolute atomic E-state index is 0.0408. The Morgan fingerprint density at radius 1 is 1.14 bits per heavy atom. The fraction of sp³-hybridized carbons (Fsp3) is 0.667. The molecule has 1 amide bonds. The van der Waals surface area contributed by atoms with Crippen molar-refractivity contribution in [3.8, 4) is 0 Å². The molecule has 160 valence electrons. The average Bonchev–Trinajstić information content (AvgIpc) is 3.39. The summed E-state index contributed by atoms with van der Waals surface area (Å²) in [5.74, 6) is 1.18. The van der Waals surface area contributed by atoms with E-state index in [1.807, 2.05) is 0 Å². The number of imidazole rings is 1. The van der Waals surface area contributed by atoms with Gasteiger partial charge >= 0.3 is 0 Å². The van der Waals surface area contributed by atoms with Gasteiger partial charge in [0.2, 0.25) is 5.91 Å². The summed E-state index contributed by atoms with van der Waals surface area (Å²) in [6.45, 7) is 4.69. The number of aromatic nitrogens is 2. The van der Waals surface area contributed by atoms with Crippen LogP contribution in [0.3, 0.4) is 0 Å². The first-order valence-corrected chi connectivity index (χ1v) is 11.6. The minimum atomic E-state index is -0.239. The Hall–Kier alpha value is -1.88. The van der Waals surface area contributed by atoms with E-state index in [0.717, 1.165) is 43.6 Å². The van der Waals surface area contributed by atoms with Gasteiger partial charge in [0, 0.05) is 26.1 Å². The standard InChI is InChI=1S/C24H37N3O2/c1-2-3-4-5-6-7-10-18-27-21-14-9-8-13-20(21)26-23(27)16-11-17-25-24(28)22-15-12-19-29-22/h8-9,13-14,22H,2-7,10-12,15-19H2,1H3,(H,25,28). The Morgan fingerprint density at radius 2 is 1.93 bits per heavy atom. The fourth-order valence-electron chi connectivity index (χ4n) is 4.15. The second kappa shape index (κ2) is 12.0. The summed E-state index contributed by atoms with van der Waals surface area (Å²) < 4.78 is 7.84. The molecule has 1 atom stereocenters. The van der Waals surface area contributed by atoms with E-state index in [4.69, 9.17) is 9.72 Å². The Morgan fingerprint density at radius 3 is 2.72 bits per heavy atom. The number of carbonyl (C=O) groups excluding carboxylic acids is 1. The van der Waals surface area contributed by atoms with E-state index >= 15 is 0 Å². The molecule has 1 aliphatic rings. The molecular weight excluding hydrogens is 362 g/mol. The SMILES string of the molecule is CCCCCCCCCn1c(CCCNC(=O)C2CCCO2)nc2ccccc21. The zero-order chi connectivity index (χ0) is 20.3. The predicted octanol–water partition coefficient (Wildman–Crippen LogP) is 5.01. The molecule has 5 heteroatoms. The first-order chi connectivity index (χ1) is 14.3. The number of nitrogens with one attached hydrogen (secondary N) is 1. The summed E-state index contributed by atoms with van der Waals surface area (Å²) in [7, 11) is 0. The molecule has 1 aromatic heterocycles. The number of ether oxygens (including phenoxy) is 1. The number of amides is 1. The van der Waals surface area contributed by atoms with Crippen molar-refractivity contribution in [1.29, 1.82) is 0 Å². The molecular formula is C24H37N3O2. The molecule has 1 aromatic carbocycles. The molecule has 1 aliphatic heterocycles. The lowest BCUT2D eigenvalue weighted by molar-refractivity contribution is -0.130. The van der Waals surface area contributed by atoms with Crippen LogP contribution in [-0.4, -0.2) is 34.7 Å². The second-order valence-electron chi connectivity index (χ2n) is 8.19. The molecule has 1 fully saturated rings. The number of rotatable bonds is 13. The van der Waals surface area contributed by atoms with Gasteiger partial charge in [0.25, 0.3) is 0 Å². The minimum Gasteiger partial charge on any atom is -0.368 e. The third kappa shape index (κ3) is 6.56. The number of para-hydroxylation sites is 2. The van der Waals surface area contributed by atoms with Crippen LogP contribution in [0.2, 0.25) is 0 Å². The van der Waals surface area contributed by atoms with Gasteiger partial charge in [0.05, 0.1) is 11.0 Å². The van der Waals surface area contributed by atoms with Gasteiger partial charge in [0.15, 0.2) is 0 Å². The number of benzene rings is 1. The number of carbonyl (C=O) groups is 1. The van der Waals surface area contributed by atoms with Crippen LogP contribution in [0.15, 0.2) is 24.3 Å². The highest BCUT2D eigenvalue weighted by Crippen LogP contribution is 2.19. The highest BCUT2D eigenvalue weighted by Gasteiger charge is 2.22. The Balaban J connectivity index is 1.47. The summed E-state index contributed by atoms with van der Waals surface area (Å²) in [5.41, 5.74) is 2.31. The summed E-state index contributed by atoms with van der Waals surface area (Å²) in [5, 5.41) is 3.02. The van der Waals surface area contributed by atoms with E-state index < -0.39 is 0 Å². The third-order valence-electron chi connectivity index (χ3n) is 5.82. The maximum Gasteiger partial charge on any atom is 0.249 e. The molecule has 3 rings (SSSR count). The van der Waals surface area contributed by atoms with Gasteiger partial charge in [0.1, 0.15) is 11.9 Å². The van der Waals surface area contributed by atoms with Crippen molar-refractivity contribution in [1.82, 2.24) is 14.9 Å². The first kappa shape index (κ1) is 21.8. The molecule has 0 aliphatic carbocycles. The molecule has 1 saturated heterocycles. The molecule has 0 saturated carbocycles. The largest absolute Gasteiger partial charge is 0.368 e. The van der Waals surface area contributed by atoms with E-state index in [1.165, 1.54) is 50.5 Å². The first-order valence-electron chi connectivity index (χ1n) is 11.6. The van der Waals surface area contributed by atoms with Crippen molar-refractivity contribution in [3.05, 3.63) is 30.1 Å². The van der Waals surface area contributed by atoms with Gasteiger partial charge in [-0.05, 0) is 37.8 Å². The lowest BCUT2D eigenvalue weighted by atomic mass is 10.1. The zero-order valence-electron chi connectivity index (χ0n) is 18.0.